The van der Waals surface area contributed by atoms with Crippen LogP contribution in [-0.2, 0) is 4.79 Å². The lowest BCUT2D eigenvalue weighted by Gasteiger charge is -2.20. The minimum Gasteiger partial charge on any atom is -0.380 e. The van der Waals surface area contributed by atoms with Crippen LogP contribution in [0, 0.1) is 0 Å². The molecule has 1 heterocycles. The van der Waals surface area contributed by atoms with Crippen LogP contribution in [0.15, 0.2) is 0 Å². The van der Waals surface area contributed by atoms with E-state index in [0.717, 1.165) is 38.8 Å². The van der Waals surface area contributed by atoms with Gasteiger partial charge in [0.1, 0.15) is 5.54 Å². The lowest BCUT2D eigenvalue weighted by atomic mass is 9.98. The zero-order valence-corrected chi connectivity index (χ0v) is 17.5. The van der Waals surface area contributed by atoms with Gasteiger partial charge in [0.25, 0.3) is 0 Å². The molecule has 1 saturated carbocycles. The lowest BCUT2D eigenvalue weighted by Crippen LogP contribution is -2.33. The average Bonchev–Trinajstić information content (AvgIpc) is 3.55. The van der Waals surface area contributed by atoms with Gasteiger partial charge < -0.3 is 5.11 Å². The number of ketones is 1. The SMILES string of the molecule is CCCCCCCCCCCCCCC1(N2CC2)C(=O)C1(O)CCCC. The first kappa shape index (κ1) is 21.9. The summed E-state index contributed by atoms with van der Waals surface area (Å²) in [6.45, 7) is 6.39. The second-order valence-corrected chi connectivity index (χ2v) is 8.78. The van der Waals surface area contributed by atoms with E-state index in [0.29, 0.717) is 6.42 Å². The molecule has 3 nitrogen and oxygen atoms in total. The Morgan fingerprint density at radius 3 is 1.65 bits per heavy atom. The Bertz CT molecular complexity index is 420. The molecule has 1 saturated heterocycles. The van der Waals surface area contributed by atoms with Crippen LogP contribution in [0.25, 0.3) is 0 Å². The van der Waals surface area contributed by atoms with Crippen molar-refractivity contribution in [1.29, 1.82) is 0 Å². The van der Waals surface area contributed by atoms with Gasteiger partial charge in [-0.25, -0.2) is 0 Å². The summed E-state index contributed by atoms with van der Waals surface area (Å²) in [7, 11) is 0. The zero-order valence-electron chi connectivity index (χ0n) is 17.5. The van der Waals surface area contributed by atoms with Crippen molar-refractivity contribution in [2.24, 2.45) is 0 Å². The van der Waals surface area contributed by atoms with Gasteiger partial charge >= 0.3 is 0 Å². The molecule has 1 aliphatic carbocycles. The van der Waals surface area contributed by atoms with Gasteiger partial charge in [-0.15, -0.1) is 0 Å². The molecule has 0 bridgehead atoms. The standard InChI is InChI=1S/C23H43NO2/c1-3-5-7-8-9-10-11-12-13-14-15-16-17-22(24-19-20-24)21(25)23(22,26)18-6-4-2/h26H,3-20H2,1-2H3. The number of carbonyl (C=O) groups is 1. The number of nitrogens with zero attached hydrogens (tertiary/aromatic N) is 1. The molecule has 2 atom stereocenters. The summed E-state index contributed by atoms with van der Waals surface area (Å²) < 4.78 is 0. The highest BCUT2D eigenvalue weighted by Gasteiger charge is 2.79. The Balaban J connectivity index is 1.52. The van der Waals surface area contributed by atoms with Crippen LogP contribution >= 0.6 is 0 Å². The van der Waals surface area contributed by atoms with Crippen molar-refractivity contribution in [3.63, 3.8) is 0 Å². The number of carbonyl (C=O) groups excluding carboxylic acids is 1. The largest absolute Gasteiger partial charge is 0.380 e. The van der Waals surface area contributed by atoms with Gasteiger partial charge in [0.15, 0.2) is 11.4 Å². The summed E-state index contributed by atoms with van der Waals surface area (Å²) in [4.78, 5) is 14.7. The fourth-order valence-electron chi connectivity index (χ4n) is 4.74. The summed E-state index contributed by atoms with van der Waals surface area (Å²) in [5.74, 6) is 0.124. The Morgan fingerprint density at radius 2 is 1.19 bits per heavy atom. The van der Waals surface area contributed by atoms with Crippen molar-refractivity contribution in [3.8, 4) is 0 Å². The maximum absolute atomic E-state index is 12.5. The second-order valence-electron chi connectivity index (χ2n) is 8.78. The summed E-state index contributed by atoms with van der Waals surface area (Å²) in [5, 5.41) is 10.8. The van der Waals surface area contributed by atoms with Crippen molar-refractivity contribution >= 4 is 5.78 Å². The molecule has 1 N–H and O–H groups in total. The minimum absolute atomic E-state index is 0.124. The lowest BCUT2D eigenvalue weighted by molar-refractivity contribution is -0.116. The van der Waals surface area contributed by atoms with Crippen molar-refractivity contribution in [3.05, 3.63) is 0 Å². The fraction of sp³-hybridized carbons (Fsp3) is 0.957. The molecule has 0 amide bonds. The zero-order chi connectivity index (χ0) is 18.9. The third kappa shape index (κ3) is 5.32. The highest BCUT2D eigenvalue weighted by atomic mass is 16.3. The highest BCUT2D eigenvalue weighted by molar-refractivity contribution is 6.15. The molecule has 26 heavy (non-hydrogen) atoms. The van der Waals surface area contributed by atoms with Gasteiger partial charge in [-0.05, 0) is 12.8 Å². The predicted molar refractivity (Wildman–Crippen MR) is 109 cm³/mol. The van der Waals surface area contributed by atoms with Crippen LogP contribution in [-0.4, -0.2) is 40.0 Å². The van der Waals surface area contributed by atoms with E-state index in [9.17, 15) is 9.90 Å². The Morgan fingerprint density at radius 1 is 0.731 bits per heavy atom. The van der Waals surface area contributed by atoms with Crippen LogP contribution in [0.1, 0.15) is 117 Å². The quantitative estimate of drug-likeness (QED) is 0.268. The van der Waals surface area contributed by atoms with Gasteiger partial charge in [-0.3, -0.25) is 9.69 Å². The van der Waals surface area contributed by atoms with E-state index in [-0.39, 0.29) is 5.78 Å². The molecule has 2 rings (SSSR count). The first-order valence-electron chi connectivity index (χ1n) is 11.7. The molecular weight excluding hydrogens is 322 g/mol. The predicted octanol–water partition coefficient (Wildman–Crippen LogP) is 5.64. The number of rotatable bonds is 17. The first-order valence-corrected chi connectivity index (χ1v) is 11.7. The van der Waals surface area contributed by atoms with Crippen LogP contribution in [0.4, 0.5) is 0 Å². The van der Waals surface area contributed by atoms with E-state index in [4.69, 9.17) is 0 Å². The normalized spacial score (nSPS) is 27.9. The highest BCUT2D eigenvalue weighted by Crippen LogP contribution is 2.56. The third-order valence-corrected chi connectivity index (χ3v) is 6.64. The van der Waals surface area contributed by atoms with Crippen LogP contribution in [0.2, 0.25) is 0 Å². The Hall–Kier alpha value is -0.410. The molecule has 0 aromatic carbocycles. The van der Waals surface area contributed by atoms with Gasteiger partial charge in [0.05, 0.1) is 0 Å². The molecule has 0 radical (unpaired) electrons. The monoisotopic (exact) mass is 365 g/mol. The van der Waals surface area contributed by atoms with Crippen molar-refractivity contribution in [2.45, 2.75) is 128 Å². The average molecular weight is 366 g/mol. The number of Topliss-reactive ketones (excluding diaryl/α,β-unsaturated/α-hetero) is 1. The number of unbranched alkanes of at least 4 members (excludes halogenated alkanes) is 12. The Kier molecular flexibility index (Phi) is 9.09. The molecule has 2 fully saturated rings. The van der Waals surface area contributed by atoms with E-state index in [2.05, 4.69) is 18.7 Å². The molecule has 2 aliphatic rings. The molecule has 1 aliphatic heterocycles. The van der Waals surface area contributed by atoms with Gasteiger partial charge in [0, 0.05) is 13.1 Å². The van der Waals surface area contributed by atoms with Crippen molar-refractivity contribution in [2.75, 3.05) is 13.1 Å². The third-order valence-electron chi connectivity index (χ3n) is 6.64. The summed E-state index contributed by atoms with van der Waals surface area (Å²) in [5.41, 5.74) is -1.50. The van der Waals surface area contributed by atoms with E-state index < -0.39 is 11.1 Å². The van der Waals surface area contributed by atoms with E-state index in [1.807, 2.05) is 0 Å². The summed E-state index contributed by atoms with van der Waals surface area (Å²) >= 11 is 0. The smallest absolute Gasteiger partial charge is 0.190 e. The van der Waals surface area contributed by atoms with Gasteiger partial charge in [-0.1, -0.05) is 104 Å². The second kappa shape index (κ2) is 10.8. The van der Waals surface area contributed by atoms with Gasteiger partial charge in [0.2, 0.25) is 0 Å². The number of aliphatic hydroxyl groups is 1. The van der Waals surface area contributed by atoms with E-state index in [1.54, 1.807) is 0 Å². The van der Waals surface area contributed by atoms with E-state index >= 15 is 0 Å². The molecule has 0 aromatic rings. The molecule has 0 aromatic heterocycles. The molecule has 152 valence electrons. The van der Waals surface area contributed by atoms with Gasteiger partial charge in [-0.2, -0.15) is 0 Å². The van der Waals surface area contributed by atoms with Crippen molar-refractivity contribution < 1.29 is 9.90 Å². The van der Waals surface area contributed by atoms with E-state index in [1.165, 1.54) is 70.6 Å². The molecule has 0 spiro atoms. The number of hydrogen-bond donors (Lipinski definition) is 1. The molecular formula is C23H43NO2. The fourth-order valence-corrected chi connectivity index (χ4v) is 4.74. The topological polar surface area (TPSA) is 40.3 Å². The minimum atomic E-state index is -1.02. The summed E-state index contributed by atoms with van der Waals surface area (Å²) in [6.07, 6.45) is 19.6. The Labute approximate surface area is 161 Å². The van der Waals surface area contributed by atoms with Crippen LogP contribution in [0.5, 0.6) is 0 Å². The first-order chi connectivity index (χ1) is 12.6. The van der Waals surface area contributed by atoms with Crippen LogP contribution < -0.4 is 0 Å². The van der Waals surface area contributed by atoms with Crippen molar-refractivity contribution in [1.82, 2.24) is 4.90 Å². The maximum atomic E-state index is 12.5. The number of hydrogen-bond acceptors (Lipinski definition) is 3. The maximum Gasteiger partial charge on any atom is 0.190 e. The van der Waals surface area contributed by atoms with Crippen LogP contribution in [0.3, 0.4) is 0 Å². The molecule has 3 heteroatoms. The molecule has 2 unspecified atom stereocenters. The summed E-state index contributed by atoms with van der Waals surface area (Å²) in [6, 6.07) is 0.